The van der Waals surface area contributed by atoms with E-state index in [1.165, 1.54) is 23.3 Å². The third-order valence-electron chi connectivity index (χ3n) is 5.77. The van der Waals surface area contributed by atoms with Crippen molar-refractivity contribution in [1.29, 1.82) is 0 Å². The first-order chi connectivity index (χ1) is 15.2. The van der Waals surface area contributed by atoms with Gasteiger partial charge in [0.1, 0.15) is 12.4 Å². The van der Waals surface area contributed by atoms with Crippen LogP contribution in [-0.4, -0.2) is 70.3 Å². The van der Waals surface area contributed by atoms with Crippen LogP contribution in [0.3, 0.4) is 0 Å². The molecule has 32 heavy (non-hydrogen) atoms. The van der Waals surface area contributed by atoms with Gasteiger partial charge in [-0.2, -0.15) is 4.31 Å². The maximum absolute atomic E-state index is 13.1. The van der Waals surface area contributed by atoms with Gasteiger partial charge in [0.15, 0.2) is 9.84 Å². The first-order valence-corrected chi connectivity index (χ1v) is 14.2. The molecule has 2 aromatic rings. The number of hydrogen-bond acceptors (Lipinski definition) is 6. The highest BCUT2D eigenvalue weighted by atomic mass is 32.2. The number of ether oxygens (including phenoxy) is 1. The van der Waals surface area contributed by atoms with Gasteiger partial charge in [-0.05, 0) is 55.3 Å². The van der Waals surface area contributed by atoms with Crippen molar-refractivity contribution in [2.24, 2.45) is 0 Å². The SMILES string of the molecule is CCS(=O)(=O)CCOc1ccc(S(=O)(=O)N2CCCN(Cc3ccccc3C)CC2)cc1. The zero-order valence-corrected chi connectivity index (χ0v) is 20.4. The number of nitrogens with zero attached hydrogens (tertiary/aromatic N) is 2. The molecular weight excluding hydrogens is 448 g/mol. The molecule has 1 fully saturated rings. The van der Waals surface area contributed by atoms with Gasteiger partial charge in [-0.3, -0.25) is 4.90 Å². The predicted molar refractivity (Wildman–Crippen MR) is 126 cm³/mol. The predicted octanol–water partition coefficient (Wildman–Crippen LogP) is 2.71. The van der Waals surface area contributed by atoms with E-state index in [-0.39, 0.29) is 23.0 Å². The molecule has 0 bridgehead atoms. The van der Waals surface area contributed by atoms with Crippen LogP contribution in [0.1, 0.15) is 24.5 Å². The Labute approximate surface area is 192 Å². The minimum atomic E-state index is -3.60. The van der Waals surface area contributed by atoms with Crippen molar-refractivity contribution < 1.29 is 21.6 Å². The summed E-state index contributed by atoms with van der Waals surface area (Å²) in [5, 5.41) is 0. The van der Waals surface area contributed by atoms with Crippen LogP contribution >= 0.6 is 0 Å². The Morgan fingerprint density at radius 1 is 0.906 bits per heavy atom. The summed E-state index contributed by atoms with van der Waals surface area (Å²) in [7, 11) is -6.70. The summed E-state index contributed by atoms with van der Waals surface area (Å²) in [4.78, 5) is 2.53. The number of hydrogen-bond donors (Lipinski definition) is 0. The molecule has 0 saturated carbocycles. The molecule has 0 spiro atoms. The van der Waals surface area contributed by atoms with Crippen LogP contribution in [-0.2, 0) is 26.4 Å². The van der Waals surface area contributed by atoms with E-state index in [4.69, 9.17) is 4.74 Å². The third-order valence-corrected chi connectivity index (χ3v) is 9.35. The second-order valence-electron chi connectivity index (χ2n) is 8.02. The first-order valence-electron chi connectivity index (χ1n) is 10.9. The first kappa shape index (κ1) is 24.7. The van der Waals surface area contributed by atoms with Crippen molar-refractivity contribution in [3.8, 4) is 5.75 Å². The highest BCUT2D eigenvalue weighted by Gasteiger charge is 2.27. The maximum Gasteiger partial charge on any atom is 0.243 e. The van der Waals surface area contributed by atoms with E-state index in [0.29, 0.717) is 25.4 Å². The minimum Gasteiger partial charge on any atom is -0.493 e. The summed E-state index contributed by atoms with van der Waals surface area (Å²) in [5.41, 5.74) is 2.52. The Kier molecular flexibility index (Phi) is 8.32. The second-order valence-corrected chi connectivity index (χ2v) is 12.4. The summed E-state index contributed by atoms with van der Waals surface area (Å²) >= 11 is 0. The van der Waals surface area contributed by atoms with Gasteiger partial charge in [0, 0.05) is 31.9 Å². The van der Waals surface area contributed by atoms with E-state index in [9.17, 15) is 16.8 Å². The number of benzene rings is 2. The van der Waals surface area contributed by atoms with Crippen molar-refractivity contribution >= 4 is 19.9 Å². The van der Waals surface area contributed by atoms with Gasteiger partial charge in [0.2, 0.25) is 10.0 Å². The number of sulfonamides is 1. The van der Waals surface area contributed by atoms with Gasteiger partial charge in [-0.25, -0.2) is 16.8 Å². The Morgan fingerprint density at radius 3 is 2.31 bits per heavy atom. The van der Waals surface area contributed by atoms with Crippen LogP contribution in [0.25, 0.3) is 0 Å². The lowest BCUT2D eigenvalue weighted by molar-refractivity contribution is 0.278. The van der Waals surface area contributed by atoms with Crippen LogP contribution in [0.2, 0.25) is 0 Å². The molecule has 176 valence electrons. The molecule has 1 aliphatic heterocycles. The lowest BCUT2D eigenvalue weighted by Crippen LogP contribution is -2.35. The van der Waals surface area contributed by atoms with Crippen LogP contribution in [0.15, 0.2) is 53.4 Å². The number of sulfone groups is 1. The van der Waals surface area contributed by atoms with Crippen molar-refractivity contribution in [3.05, 3.63) is 59.7 Å². The Morgan fingerprint density at radius 2 is 1.62 bits per heavy atom. The fraction of sp³-hybridized carbons (Fsp3) is 0.478. The standard InChI is InChI=1S/C23H32N2O5S2/c1-3-31(26,27)18-17-30-22-9-11-23(12-10-22)32(28,29)25-14-6-13-24(15-16-25)19-21-8-5-4-7-20(21)2/h4-5,7-12H,3,6,13-19H2,1-2H3. The average molecular weight is 481 g/mol. The molecule has 0 N–H and O–H groups in total. The third kappa shape index (κ3) is 6.54. The summed E-state index contributed by atoms with van der Waals surface area (Å²) in [5.74, 6) is 0.470. The average Bonchev–Trinajstić information content (AvgIpc) is 3.02. The van der Waals surface area contributed by atoms with Gasteiger partial charge in [0.05, 0.1) is 10.6 Å². The van der Waals surface area contributed by atoms with Gasteiger partial charge >= 0.3 is 0 Å². The molecule has 0 aromatic heterocycles. The van der Waals surface area contributed by atoms with Gasteiger partial charge in [-0.15, -0.1) is 0 Å². The minimum absolute atomic E-state index is 0.0467. The van der Waals surface area contributed by atoms with Crippen LogP contribution in [0.5, 0.6) is 5.75 Å². The van der Waals surface area contributed by atoms with Gasteiger partial charge < -0.3 is 4.74 Å². The summed E-state index contributed by atoms with van der Waals surface area (Å²) in [6, 6.07) is 14.5. The zero-order chi connectivity index (χ0) is 23.2. The van der Waals surface area contributed by atoms with Crippen LogP contribution < -0.4 is 4.74 Å². The normalized spacial score (nSPS) is 16.6. The fourth-order valence-corrected chi connectivity index (χ4v) is 5.76. The number of rotatable bonds is 9. The van der Waals surface area contributed by atoms with Crippen LogP contribution in [0.4, 0.5) is 0 Å². The molecule has 0 amide bonds. The molecule has 0 aliphatic carbocycles. The number of aryl methyl sites for hydroxylation is 1. The molecule has 0 unspecified atom stereocenters. The van der Waals surface area contributed by atoms with Gasteiger partial charge in [-0.1, -0.05) is 31.2 Å². The molecule has 0 radical (unpaired) electrons. The quantitative estimate of drug-likeness (QED) is 0.549. The molecule has 9 heteroatoms. The Hall–Kier alpha value is -1.94. The Bertz CT molecular complexity index is 1100. The van der Waals surface area contributed by atoms with Gasteiger partial charge in [0.25, 0.3) is 0 Å². The monoisotopic (exact) mass is 480 g/mol. The van der Waals surface area contributed by atoms with E-state index < -0.39 is 19.9 Å². The van der Waals surface area contributed by atoms with Crippen molar-refractivity contribution in [1.82, 2.24) is 9.21 Å². The molecule has 0 atom stereocenters. The van der Waals surface area contributed by atoms with Crippen molar-refractivity contribution in [3.63, 3.8) is 0 Å². The fourth-order valence-electron chi connectivity index (χ4n) is 3.66. The van der Waals surface area contributed by atoms with Crippen molar-refractivity contribution in [2.45, 2.75) is 31.7 Å². The highest BCUT2D eigenvalue weighted by molar-refractivity contribution is 7.91. The summed E-state index contributed by atoms with van der Waals surface area (Å²) in [6.45, 7) is 7.03. The molecule has 1 aliphatic rings. The molecule has 3 rings (SSSR count). The van der Waals surface area contributed by atoms with Crippen molar-refractivity contribution in [2.75, 3.05) is 44.3 Å². The topological polar surface area (TPSA) is 84.0 Å². The highest BCUT2D eigenvalue weighted by Crippen LogP contribution is 2.22. The lowest BCUT2D eigenvalue weighted by atomic mass is 10.1. The maximum atomic E-state index is 13.1. The zero-order valence-electron chi connectivity index (χ0n) is 18.7. The van der Waals surface area contributed by atoms with Crippen LogP contribution in [0, 0.1) is 6.92 Å². The smallest absolute Gasteiger partial charge is 0.243 e. The molecule has 7 nitrogen and oxygen atoms in total. The second kappa shape index (κ2) is 10.8. The van der Waals surface area contributed by atoms with E-state index in [1.54, 1.807) is 23.4 Å². The Balaban J connectivity index is 1.59. The molecule has 1 saturated heterocycles. The summed E-state index contributed by atoms with van der Waals surface area (Å²) < 4.78 is 56.4. The lowest BCUT2D eigenvalue weighted by Gasteiger charge is -2.22. The molecule has 1 heterocycles. The van der Waals surface area contributed by atoms with E-state index in [2.05, 4.69) is 24.0 Å². The summed E-state index contributed by atoms with van der Waals surface area (Å²) in [6.07, 6.45) is 0.776. The molecular formula is C23H32N2O5S2. The molecule has 2 aromatic carbocycles. The van der Waals surface area contributed by atoms with E-state index >= 15 is 0 Å². The largest absolute Gasteiger partial charge is 0.493 e. The van der Waals surface area contributed by atoms with E-state index in [1.807, 2.05) is 12.1 Å². The van der Waals surface area contributed by atoms with E-state index in [0.717, 1.165) is 19.5 Å².